The molecule has 0 spiro atoms. The van der Waals surface area contributed by atoms with Gasteiger partial charge in [-0.25, -0.2) is 0 Å². The number of H-pyrrole nitrogens is 1. The van der Waals surface area contributed by atoms with Gasteiger partial charge in [0.05, 0.1) is 24.4 Å². The van der Waals surface area contributed by atoms with E-state index in [4.69, 9.17) is 4.74 Å². The smallest absolute Gasteiger partial charge is 0.416 e. The zero-order valence-corrected chi connectivity index (χ0v) is 21.8. The Morgan fingerprint density at radius 2 is 1.72 bits per heavy atom. The van der Waals surface area contributed by atoms with E-state index in [1.54, 1.807) is 12.4 Å². The Morgan fingerprint density at radius 3 is 2.28 bits per heavy atom. The molecule has 0 saturated carbocycles. The summed E-state index contributed by atoms with van der Waals surface area (Å²) in [6, 6.07) is 6.96. The molecular formula is C26H27ClF6N4O2. The average molecular weight is 577 g/mol. The van der Waals surface area contributed by atoms with Crippen molar-refractivity contribution in [2.75, 3.05) is 26.7 Å². The number of amides is 1. The van der Waals surface area contributed by atoms with E-state index in [-0.39, 0.29) is 42.7 Å². The molecule has 1 aliphatic heterocycles. The van der Waals surface area contributed by atoms with Crippen LogP contribution in [-0.2, 0) is 18.8 Å². The predicted molar refractivity (Wildman–Crippen MR) is 134 cm³/mol. The minimum atomic E-state index is -4.68. The van der Waals surface area contributed by atoms with Gasteiger partial charge in [0.25, 0.3) is 5.91 Å². The predicted octanol–water partition coefficient (Wildman–Crippen LogP) is 6.01. The molecule has 0 radical (unpaired) electrons. The fraction of sp³-hybridized carbons (Fsp3) is 0.385. The Hall–Kier alpha value is -3.25. The second-order valence-electron chi connectivity index (χ2n) is 9.20. The van der Waals surface area contributed by atoms with Gasteiger partial charge < -0.3 is 9.64 Å². The number of rotatable bonds is 6. The van der Waals surface area contributed by atoms with Crippen molar-refractivity contribution in [1.29, 1.82) is 0 Å². The SMILES string of the molecule is COc1cc(C(=O)N2CCN(C(C)c3cn[nH]c3)C[C@H]2Cc2ccc(C(F)(F)F)cc2)cc(C(F)(F)F)c1.Cl. The summed E-state index contributed by atoms with van der Waals surface area (Å²) in [6.45, 7) is 2.98. The highest BCUT2D eigenvalue weighted by Crippen LogP contribution is 2.34. The van der Waals surface area contributed by atoms with E-state index in [1.807, 2.05) is 6.92 Å². The topological polar surface area (TPSA) is 61.5 Å². The molecule has 0 bridgehead atoms. The summed E-state index contributed by atoms with van der Waals surface area (Å²) in [5, 5.41) is 6.73. The highest BCUT2D eigenvalue weighted by atomic mass is 35.5. The highest BCUT2D eigenvalue weighted by molar-refractivity contribution is 5.95. The molecule has 212 valence electrons. The van der Waals surface area contributed by atoms with Crippen LogP contribution in [0.3, 0.4) is 0 Å². The lowest BCUT2D eigenvalue weighted by molar-refractivity contribution is -0.138. The number of aromatic nitrogens is 2. The number of carbonyl (C=O) groups excluding carboxylic acids is 1. The number of hydrogen-bond acceptors (Lipinski definition) is 4. The lowest BCUT2D eigenvalue weighted by Gasteiger charge is -2.44. The number of ether oxygens (including phenoxy) is 1. The molecule has 1 aromatic heterocycles. The van der Waals surface area contributed by atoms with Gasteiger partial charge in [0.2, 0.25) is 0 Å². The van der Waals surface area contributed by atoms with Crippen molar-refractivity contribution in [2.24, 2.45) is 0 Å². The molecule has 1 N–H and O–H groups in total. The minimum absolute atomic E-state index is 0. The van der Waals surface area contributed by atoms with Gasteiger partial charge in [0, 0.05) is 49.0 Å². The van der Waals surface area contributed by atoms with Gasteiger partial charge in [-0.15, -0.1) is 12.4 Å². The lowest BCUT2D eigenvalue weighted by Crippen LogP contribution is -2.56. The van der Waals surface area contributed by atoms with Crippen molar-refractivity contribution in [3.8, 4) is 5.75 Å². The number of alkyl halides is 6. The largest absolute Gasteiger partial charge is 0.497 e. The molecule has 3 aromatic rings. The van der Waals surface area contributed by atoms with Gasteiger partial charge in [-0.3, -0.25) is 14.8 Å². The number of nitrogens with zero attached hydrogens (tertiary/aromatic N) is 3. The maximum Gasteiger partial charge on any atom is 0.416 e. The Bertz CT molecular complexity index is 1250. The van der Waals surface area contributed by atoms with Gasteiger partial charge in [0.15, 0.2) is 0 Å². The summed E-state index contributed by atoms with van der Waals surface area (Å²) in [4.78, 5) is 17.2. The van der Waals surface area contributed by atoms with Crippen molar-refractivity contribution in [1.82, 2.24) is 20.0 Å². The second kappa shape index (κ2) is 11.9. The lowest BCUT2D eigenvalue weighted by atomic mass is 9.98. The van der Waals surface area contributed by atoms with E-state index < -0.39 is 35.4 Å². The van der Waals surface area contributed by atoms with Crippen LogP contribution in [0.2, 0.25) is 0 Å². The van der Waals surface area contributed by atoms with Crippen molar-refractivity contribution >= 4 is 18.3 Å². The molecule has 4 rings (SSSR count). The standard InChI is InChI=1S/C26H26F6N4O2.ClH/c1-16(19-13-33-34-14-19)35-7-8-36(22(15-35)9-17-3-5-20(6-4-17)25(27,28)29)24(37)18-10-21(26(30,31)32)12-23(11-18)38-2;/h3-6,10-14,16,22H,7-9,15H2,1-2H3,(H,33,34);1H/t16?,22-;/m1./s1. The number of methoxy groups -OCH3 is 1. The van der Waals surface area contributed by atoms with Gasteiger partial charge >= 0.3 is 12.4 Å². The monoisotopic (exact) mass is 576 g/mol. The second-order valence-corrected chi connectivity index (χ2v) is 9.20. The Balaban J connectivity index is 0.00000420. The highest BCUT2D eigenvalue weighted by Gasteiger charge is 2.36. The Kier molecular flexibility index (Phi) is 9.22. The third-order valence-electron chi connectivity index (χ3n) is 6.79. The number of aromatic amines is 1. The summed E-state index contributed by atoms with van der Waals surface area (Å²) in [7, 11) is 1.22. The Morgan fingerprint density at radius 1 is 1.05 bits per heavy atom. The van der Waals surface area contributed by atoms with Gasteiger partial charge in [-0.2, -0.15) is 31.4 Å². The first kappa shape index (κ1) is 30.3. The van der Waals surface area contributed by atoms with Gasteiger partial charge in [0.1, 0.15) is 5.75 Å². The van der Waals surface area contributed by atoms with Crippen molar-refractivity contribution in [3.63, 3.8) is 0 Å². The molecule has 2 atom stereocenters. The van der Waals surface area contributed by atoms with Gasteiger partial charge in [-0.1, -0.05) is 12.1 Å². The molecular weight excluding hydrogens is 550 g/mol. The van der Waals surface area contributed by atoms with Gasteiger partial charge in [-0.05, 0) is 49.2 Å². The summed E-state index contributed by atoms with van der Waals surface area (Å²) < 4.78 is 84.5. The fourth-order valence-corrected chi connectivity index (χ4v) is 4.65. The molecule has 13 heteroatoms. The van der Waals surface area contributed by atoms with Crippen LogP contribution in [0, 0.1) is 0 Å². The maximum atomic E-state index is 13.6. The van der Waals surface area contributed by atoms with E-state index in [2.05, 4.69) is 15.1 Å². The third-order valence-corrected chi connectivity index (χ3v) is 6.79. The van der Waals surface area contributed by atoms with Crippen molar-refractivity contribution in [3.05, 3.63) is 82.7 Å². The van der Waals surface area contributed by atoms with Crippen LogP contribution in [-0.4, -0.2) is 58.7 Å². The Labute approximate surface area is 227 Å². The van der Waals surface area contributed by atoms with Crippen molar-refractivity contribution < 1.29 is 35.9 Å². The van der Waals surface area contributed by atoms with Crippen LogP contribution in [0.15, 0.2) is 54.9 Å². The summed E-state index contributed by atoms with van der Waals surface area (Å²) in [6.07, 6.45) is -5.51. The van der Waals surface area contributed by atoms with Crippen molar-refractivity contribution in [2.45, 2.75) is 37.8 Å². The quantitative estimate of drug-likeness (QED) is 0.365. The minimum Gasteiger partial charge on any atom is -0.497 e. The first-order chi connectivity index (χ1) is 17.9. The zero-order valence-electron chi connectivity index (χ0n) is 21.0. The third kappa shape index (κ3) is 7.04. The fourth-order valence-electron chi connectivity index (χ4n) is 4.65. The molecule has 2 heterocycles. The van der Waals surface area contributed by atoms with E-state index in [1.165, 1.54) is 30.2 Å². The molecule has 2 aromatic carbocycles. The molecule has 1 aliphatic rings. The van der Waals surface area contributed by atoms with Crippen LogP contribution < -0.4 is 4.74 Å². The molecule has 1 amide bonds. The maximum absolute atomic E-state index is 13.6. The van der Waals surface area contributed by atoms with E-state index in [9.17, 15) is 31.1 Å². The van der Waals surface area contributed by atoms with E-state index in [0.717, 1.165) is 29.8 Å². The van der Waals surface area contributed by atoms with E-state index in [0.29, 0.717) is 18.7 Å². The van der Waals surface area contributed by atoms with Crippen LogP contribution in [0.25, 0.3) is 0 Å². The number of hydrogen-bond donors (Lipinski definition) is 1. The normalized spacial score (nSPS) is 17.4. The molecule has 6 nitrogen and oxygen atoms in total. The summed E-state index contributed by atoms with van der Waals surface area (Å²) in [5.74, 6) is -0.711. The summed E-state index contributed by atoms with van der Waals surface area (Å²) >= 11 is 0. The first-order valence-electron chi connectivity index (χ1n) is 11.8. The van der Waals surface area contributed by atoms with Crippen LogP contribution in [0.1, 0.15) is 45.6 Å². The number of carbonyl (C=O) groups is 1. The molecule has 0 aliphatic carbocycles. The number of nitrogens with one attached hydrogen (secondary N) is 1. The first-order valence-corrected chi connectivity index (χ1v) is 11.8. The van der Waals surface area contributed by atoms with Crippen LogP contribution in [0.4, 0.5) is 26.3 Å². The molecule has 1 unspecified atom stereocenters. The van der Waals surface area contributed by atoms with E-state index >= 15 is 0 Å². The molecule has 1 fully saturated rings. The number of piperazine rings is 1. The number of halogens is 7. The molecule has 1 saturated heterocycles. The number of benzene rings is 2. The summed E-state index contributed by atoms with van der Waals surface area (Å²) in [5.41, 5.74) is -0.484. The van der Waals surface area contributed by atoms with Crippen LogP contribution >= 0.6 is 12.4 Å². The van der Waals surface area contributed by atoms with Crippen LogP contribution in [0.5, 0.6) is 5.75 Å². The average Bonchev–Trinajstić information content (AvgIpc) is 3.42. The molecule has 39 heavy (non-hydrogen) atoms. The zero-order chi connectivity index (χ0) is 27.7.